The third-order valence-electron chi connectivity index (χ3n) is 4.10. The highest BCUT2D eigenvalue weighted by Crippen LogP contribution is 2.21. The van der Waals surface area contributed by atoms with Crippen LogP contribution in [0.15, 0.2) is 53.1 Å². The Bertz CT molecular complexity index is 834. The van der Waals surface area contributed by atoms with Gasteiger partial charge in [0.05, 0.1) is 19.5 Å². The maximum Gasteiger partial charge on any atom is 0.276 e. The van der Waals surface area contributed by atoms with E-state index in [0.717, 1.165) is 37.7 Å². The fourth-order valence-electron chi connectivity index (χ4n) is 2.77. The topological polar surface area (TPSA) is 83.4 Å². The number of aromatic amines is 1. The Hall–Kier alpha value is -3.06. The summed E-state index contributed by atoms with van der Waals surface area (Å²) in [6, 6.07) is 13.0. The van der Waals surface area contributed by atoms with Crippen molar-refractivity contribution in [3.63, 3.8) is 0 Å². The number of rotatable bonds is 4. The monoisotopic (exact) mass is 338 g/mol. The van der Waals surface area contributed by atoms with Crippen LogP contribution < -0.4 is 10.2 Å². The molecule has 0 unspecified atom stereocenters. The quantitative estimate of drug-likeness (QED) is 0.764. The fourth-order valence-corrected chi connectivity index (χ4v) is 2.77. The second-order valence-electron chi connectivity index (χ2n) is 5.74. The minimum absolute atomic E-state index is 0.270. The number of nitrogens with zero attached hydrogens (tertiary/aromatic N) is 2. The Labute approximate surface area is 144 Å². The number of nitrogens with one attached hydrogen (secondary N) is 2. The molecule has 0 spiro atoms. The van der Waals surface area contributed by atoms with Crippen molar-refractivity contribution >= 4 is 17.3 Å². The van der Waals surface area contributed by atoms with E-state index in [2.05, 4.69) is 20.4 Å². The second-order valence-corrected chi connectivity index (χ2v) is 5.74. The van der Waals surface area contributed by atoms with Crippen LogP contribution in [-0.4, -0.2) is 42.4 Å². The minimum Gasteiger partial charge on any atom is -0.463 e. The molecule has 1 fully saturated rings. The van der Waals surface area contributed by atoms with Crippen molar-refractivity contribution in [2.75, 3.05) is 36.5 Å². The molecule has 1 aromatic carbocycles. The Morgan fingerprint density at radius 2 is 1.96 bits per heavy atom. The fraction of sp³-hybridized carbons (Fsp3) is 0.222. The van der Waals surface area contributed by atoms with E-state index in [4.69, 9.17) is 9.15 Å². The summed E-state index contributed by atoms with van der Waals surface area (Å²) >= 11 is 0. The lowest BCUT2D eigenvalue weighted by molar-refractivity contribution is 0.102. The number of anilines is 2. The lowest BCUT2D eigenvalue weighted by atomic mass is 10.2. The Kier molecular flexibility index (Phi) is 4.22. The molecule has 128 valence electrons. The van der Waals surface area contributed by atoms with Gasteiger partial charge in [-0.25, -0.2) is 0 Å². The highest BCUT2D eigenvalue weighted by Gasteiger charge is 2.14. The van der Waals surface area contributed by atoms with Gasteiger partial charge >= 0.3 is 0 Å². The van der Waals surface area contributed by atoms with Gasteiger partial charge in [-0.3, -0.25) is 9.89 Å². The zero-order valence-corrected chi connectivity index (χ0v) is 13.6. The maximum absolute atomic E-state index is 12.3. The summed E-state index contributed by atoms with van der Waals surface area (Å²) in [5, 5.41) is 9.70. The van der Waals surface area contributed by atoms with Crippen molar-refractivity contribution in [1.82, 2.24) is 10.2 Å². The maximum atomic E-state index is 12.3. The molecule has 4 rings (SSSR count). The molecule has 1 aliphatic rings. The molecule has 7 nitrogen and oxygen atoms in total. The molecule has 1 saturated heterocycles. The highest BCUT2D eigenvalue weighted by molar-refractivity contribution is 6.03. The minimum atomic E-state index is -0.270. The van der Waals surface area contributed by atoms with Gasteiger partial charge in [0.2, 0.25) is 0 Å². The van der Waals surface area contributed by atoms with Crippen LogP contribution in [0, 0.1) is 0 Å². The number of H-pyrrole nitrogens is 1. The number of carbonyl (C=O) groups excluding carboxylic acids is 1. The molecule has 0 radical (unpaired) electrons. The third kappa shape index (κ3) is 3.41. The van der Waals surface area contributed by atoms with Gasteiger partial charge < -0.3 is 19.4 Å². The number of ether oxygens (including phenoxy) is 1. The normalized spacial score (nSPS) is 14.5. The molecule has 25 heavy (non-hydrogen) atoms. The zero-order valence-electron chi connectivity index (χ0n) is 13.6. The molecule has 1 aliphatic heterocycles. The molecule has 2 aromatic heterocycles. The first-order valence-corrected chi connectivity index (χ1v) is 8.13. The van der Waals surface area contributed by atoms with Gasteiger partial charge in [-0.2, -0.15) is 5.10 Å². The first kappa shape index (κ1) is 15.5. The van der Waals surface area contributed by atoms with E-state index in [-0.39, 0.29) is 5.91 Å². The molecule has 1 amide bonds. The van der Waals surface area contributed by atoms with Crippen LogP contribution in [0.25, 0.3) is 11.5 Å². The largest absolute Gasteiger partial charge is 0.463 e. The summed E-state index contributed by atoms with van der Waals surface area (Å²) in [7, 11) is 0. The van der Waals surface area contributed by atoms with Crippen LogP contribution in [0.1, 0.15) is 10.5 Å². The summed E-state index contributed by atoms with van der Waals surface area (Å²) in [5.41, 5.74) is 2.83. The summed E-state index contributed by atoms with van der Waals surface area (Å²) in [6.07, 6.45) is 1.58. The number of carbonyl (C=O) groups is 1. The van der Waals surface area contributed by atoms with Crippen molar-refractivity contribution in [2.45, 2.75) is 0 Å². The van der Waals surface area contributed by atoms with Crippen LogP contribution in [-0.2, 0) is 4.74 Å². The van der Waals surface area contributed by atoms with Crippen LogP contribution in [0.3, 0.4) is 0 Å². The third-order valence-corrected chi connectivity index (χ3v) is 4.10. The van der Waals surface area contributed by atoms with Crippen molar-refractivity contribution in [3.05, 3.63) is 54.4 Å². The van der Waals surface area contributed by atoms with Crippen molar-refractivity contribution < 1.29 is 13.9 Å². The van der Waals surface area contributed by atoms with E-state index < -0.39 is 0 Å². The average Bonchev–Trinajstić information content (AvgIpc) is 3.35. The van der Waals surface area contributed by atoms with E-state index in [1.807, 2.05) is 24.3 Å². The highest BCUT2D eigenvalue weighted by atomic mass is 16.5. The lowest BCUT2D eigenvalue weighted by Gasteiger charge is -2.28. The van der Waals surface area contributed by atoms with Gasteiger partial charge in [-0.15, -0.1) is 0 Å². The molecule has 0 aliphatic carbocycles. The number of aromatic nitrogens is 2. The Morgan fingerprint density at radius 3 is 2.68 bits per heavy atom. The molecular weight excluding hydrogens is 320 g/mol. The molecule has 2 N–H and O–H groups in total. The summed E-state index contributed by atoms with van der Waals surface area (Å²) in [4.78, 5) is 14.6. The lowest BCUT2D eigenvalue weighted by Crippen LogP contribution is -2.36. The summed E-state index contributed by atoms with van der Waals surface area (Å²) in [5.74, 6) is 0.370. The molecule has 0 saturated carbocycles. The Balaban J connectivity index is 1.42. The average molecular weight is 338 g/mol. The number of furan rings is 1. The summed E-state index contributed by atoms with van der Waals surface area (Å²) < 4.78 is 10.6. The van der Waals surface area contributed by atoms with E-state index in [1.165, 1.54) is 0 Å². The van der Waals surface area contributed by atoms with Gasteiger partial charge in [-0.05, 0) is 36.4 Å². The first-order valence-electron chi connectivity index (χ1n) is 8.13. The molecular formula is C18H18N4O3. The zero-order chi connectivity index (χ0) is 17.1. The number of morpholine rings is 1. The van der Waals surface area contributed by atoms with Gasteiger partial charge in [-0.1, -0.05) is 0 Å². The molecule has 0 atom stereocenters. The van der Waals surface area contributed by atoms with Crippen LogP contribution in [0.5, 0.6) is 0 Å². The van der Waals surface area contributed by atoms with Crippen molar-refractivity contribution in [2.24, 2.45) is 0 Å². The van der Waals surface area contributed by atoms with Crippen LogP contribution >= 0.6 is 0 Å². The van der Waals surface area contributed by atoms with E-state index in [9.17, 15) is 4.79 Å². The van der Waals surface area contributed by atoms with Gasteiger partial charge in [0, 0.05) is 30.5 Å². The van der Waals surface area contributed by atoms with Gasteiger partial charge in [0.15, 0.2) is 11.5 Å². The first-order chi connectivity index (χ1) is 12.3. The number of benzene rings is 1. The number of hydrogen-bond acceptors (Lipinski definition) is 5. The standard InChI is InChI=1S/C18H18N4O3/c23-18(16-12-15(20-21-16)17-2-1-9-25-17)19-13-3-5-14(6-4-13)22-7-10-24-11-8-22/h1-6,9,12H,7-8,10-11H2,(H,19,23)(H,20,21). The molecule has 0 bridgehead atoms. The van der Waals surface area contributed by atoms with E-state index in [0.29, 0.717) is 17.1 Å². The SMILES string of the molecule is O=C(Nc1ccc(N2CCOCC2)cc1)c1cc(-c2ccco2)[nH]n1. The summed E-state index contributed by atoms with van der Waals surface area (Å²) in [6.45, 7) is 3.26. The smallest absolute Gasteiger partial charge is 0.276 e. The van der Waals surface area contributed by atoms with Gasteiger partial charge in [0.25, 0.3) is 5.91 Å². The molecule has 7 heteroatoms. The van der Waals surface area contributed by atoms with E-state index in [1.54, 1.807) is 24.5 Å². The van der Waals surface area contributed by atoms with Crippen LogP contribution in [0.4, 0.5) is 11.4 Å². The number of hydrogen-bond donors (Lipinski definition) is 2. The Morgan fingerprint density at radius 1 is 1.16 bits per heavy atom. The van der Waals surface area contributed by atoms with Gasteiger partial charge in [0.1, 0.15) is 5.69 Å². The second kappa shape index (κ2) is 6.82. The predicted molar refractivity (Wildman–Crippen MR) is 93.7 cm³/mol. The van der Waals surface area contributed by atoms with Crippen molar-refractivity contribution in [3.8, 4) is 11.5 Å². The van der Waals surface area contributed by atoms with Crippen LogP contribution in [0.2, 0.25) is 0 Å². The van der Waals surface area contributed by atoms with Crippen molar-refractivity contribution in [1.29, 1.82) is 0 Å². The predicted octanol–water partition coefficient (Wildman–Crippen LogP) is 2.76. The van der Waals surface area contributed by atoms with E-state index >= 15 is 0 Å². The number of amides is 1. The molecule has 3 aromatic rings. The molecule has 3 heterocycles.